The maximum atomic E-state index is 13.1. The molecule has 2 saturated heterocycles. The van der Waals surface area contributed by atoms with E-state index in [0.717, 1.165) is 74.1 Å². The van der Waals surface area contributed by atoms with Gasteiger partial charge in [-0.15, -0.1) is 0 Å². The van der Waals surface area contributed by atoms with E-state index < -0.39 is 5.82 Å². The van der Waals surface area contributed by atoms with E-state index in [1.807, 2.05) is 10.7 Å². The third kappa shape index (κ3) is 3.54. The summed E-state index contributed by atoms with van der Waals surface area (Å²) in [6.45, 7) is 7.60. The van der Waals surface area contributed by atoms with Crippen molar-refractivity contribution >= 4 is 28.2 Å². The summed E-state index contributed by atoms with van der Waals surface area (Å²) in [7, 11) is 0. The Hall–Kier alpha value is -3.08. The summed E-state index contributed by atoms with van der Waals surface area (Å²) in [6.07, 6.45) is 7.44. The molecular weight excluding hydrogens is 447 g/mol. The zero-order valence-electron chi connectivity index (χ0n) is 18.0. The predicted molar refractivity (Wildman–Crippen MR) is 122 cm³/mol. The molecule has 0 saturated carbocycles. The number of halogens is 2. The first kappa shape index (κ1) is 20.5. The van der Waals surface area contributed by atoms with E-state index in [0.29, 0.717) is 5.02 Å². The van der Waals surface area contributed by atoms with Gasteiger partial charge in [-0.1, -0.05) is 11.6 Å². The number of nitrogens with zero attached hydrogens (tertiary/aromatic N) is 8. The summed E-state index contributed by atoms with van der Waals surface area (Å²) >= 11 is 6.68. The lowest BCUT2D eigenvalue weighted by molar-refractivity contribution is -0.131. The van der Waals surface area contributed by atoms with E-state index >= 15 is 0 Å². The number of ether oxygens (including phenoxy) is 1. The Labute approximate surface area is 194 Å². The van der Waals surface area contributed by atoms with Crippen LogP contribution in [0.2, 0.25) is 5.02 Å². The van der Waals surface area contributed by atoms with Gasteiger partial charge in [0.05, 0.1) is 66.0 Å². The van der Waals surface area contributed by atoms with Crippen LogP contribution in [0.3, 0.4) is 0 Å². The number of rotatable bonds is 4. The fourth-order valence-electron chi connectivity index (χ4n) is 4.51. The van der Waals surface area contributed by atoms with Crippen LogP contribution in [0, 0.1) is 5.82 Å². The lowest BCUT2D eigenvalue weighted by Crippen LogP contribution is -2.64. The second kappa shape index (κ2) is 7.75. The van der Waals surface area contributed by atoms with Gasteiger partial charge in [0, 0.05) is 31.6 Å². The average molecular weight is 469 g/mol. The summed E-state index contributed by atoms with van der Waals surface area (Å²) < 4.78 is 21.9. The number of hydrogen-bond donors (Lipinski definition) is 0. The van der Waals surface area contributed by atoms with Gasteiger partial charge in [0.15, 0.2) is 5.82 Å². The highest BCUT2D eigenvalue weighted by atomic mass is 35.5. The average Bonchev–Trinajstić information content (AvgIpc) is 3.44. The first-order valence-corrected chi connectivity index (χ1v) is 11.2. The standard InChI is InChI=1S/C22H22ClFN8O/c1-22(13-33-14-22)30-4-2-29(3-5-30)20-7-19-15(6-18(20)23)8-28-32(19)17-11-27-31(12-17)21-25-9-16(24)10-26-21/h6-12H,2-5,13-14H2,1H3. The lowest BCUT2D eigenvalue weighted by atomic mass is 9.97. The molecular formula is C22H22ClFN8O. The largest absolute Gasteiger partial charge is 0.377 e. The molecule has 3 aromatic heterocycles. The van der Waals surface area contributed by atoms with Gasteiger partial charge in [-0.3, -0.25) is 4.90 Å². The van der Waals surface area contributed by atoms with Crippen LogP contribution in [0.4, 0.5) is 10.1 Å². The molecule has 5 heterocycles. The van der Waals surface area contributed by atoms with Gasteiger partial charge in [0.1, 0.15) is 5.69 Å². The topological polar surface area (TPSA) is 77.1 Å². The van der Waals surface area contributed by atoms with Crippen molar-refractivity contribution in [2.75, 3.05) is 44.3 Å². The molecule has 0 atom stereocenters. The summed E-state index contributed by atoms with van der Waals surface area (Å²) in [5.41, 5.74) is 2.83. The molecule has 2 aliphatic heterocycles. The van der Waals surface area contributed by atoms with Crippen LogP contribution in [0.25, 0.3) is 22.5 Å². The summed E-state index contributed by atoms with van der Waals surface area (Å²) in [4.78, 5) is 12.8. The summed E-state index contributed by atoms with van der Waals surface area (Å²) in [5.74, 6) is -0.212. The SMILES string of the molecule is CC1(N2CCN(c3cc4c(cnn4-c4cnn(-c5ncc(F)cn5)c4)cc3Cl)CC2)COC1. The van der Waals surface area contributed by atoms with Crippen LogP contribution in [0.15, 0.2) is 43.1 Å². The first-order valence-electron chi connectivity index (χ1n) is 10.8. The third-order valence-corrected chi connectivity index (χ3v) is 6.77. The van der Waals surface area contributed by atoms with Crippen LogP contribution in [0.5, 0.6) is 0 Å². The lowest BCUT2D eigenvalue weighted by Gasteiger charge is -2.50. The van der Waals surface area contributed by atoms with Crippen molar-refractivity contribution in [2.45, 2.75) is 12.5 Å². The minimum absolute atomic E-state index is 0.160. The van der Waals surface area contributed by atoms with Gasteiger partial charge < -0.3 is 9.64 Å². The van der Waals surface area contributed by atoms with Gasteiger partial charge >= 0.3 is 0 Å². The number of anilines is 1. The second-order valence-electron chi connectivity index (χ2n) is 8.73. The summed E-state index contributed by atoms with van der Waals surface area (Å²) in [6, 6.07) is 4.04. The highest BCUT2D eigenvalue weighted by molar-refractivity contribution is 6.34. The fourth-order valence-corrected chi connectivity index (χ4v) is 4.80. The second-order valence-corrected chi connectivity index (χ2v) is 9.13. The molecule has 2 aliphatic rings. The molecule has 6 rings (SSSR count). The molecule has 33 heavy (non-hydrogen) atoms. The molecule has 0 bridgehead atoms. The minimum Gasteiger partial charge on any atom is -0.377 e. The zero-order chi connectivity index (χ0) is 22.6. The van der Waals surface area contributed by atoms with Gasteiger partial charge in [0.25, 0.3) is 5.95 Å². The van der Waals surface area contributed by atoms with Gasteiger partial charge in [-0.2, -0.15) is 10.2 Å². The van der Waals surface area contributed by atoms with E-state index in [9.17, 15) is 4.39 Å². The number of benzene rings is 1. The monoisotopic (exact) mass is 468 g/mol. The molecule has 4 aromatic rings. The molecule has 0 amide bonds. The van der Waals surface area contributed by atoms with Crippen molar-refractivity contribution in [1.82, 2.24) is 34.4 Å². The molecule has 2 fully saturated rings. The van der Waals surface area contributed by atoms with E-state index in [1.54, 1.807) is 18.6 Å². The van der Waals surface area contributed by atoms with Crippen LogP contribution in [-0.4, -0.2) is 79.4 Å². The van der Waals surface area contributed by atoms with Crippen molar-refractivity contribution < 1.29 is 9.13 Å². The fraction of sp³-hybridized carbons (Fsp3) is 0.364. The third-order valence-electron chi connectivity index (χ3n) is 6.47. The van der Waals surface area contributed by atoms with Crippen LogP contribution >= 0.6 is 11.6 Å². The Morgan fingerprint density at radius 3 is 2.45 bits per heavy atom. The highest BCUT2D eigenvalue weighted by Crippen LogP contribution is 2.34. The molecule has 170 valence electrons. The number of piperazine rings is 1. The Morgan fingerprint density at radius 1 is 1.00 bits per heavy atom. The van der Waals surface area contributed by atoms with E-state index in [-0.39, 0.29) is 11.5 Å². The van der Waals surface area contributed by atoms with Gasteiger partial charge in [0.2, 0.25) is 0 Å². The molecule has 9 nitrogen and oxygen atoms in total. The summed E-state index contributed by atoms with van der Waals surface area (Å²) in [5, 5.41) is 10.5. The van der Waals surface area contributed by atoms with Gasteiger partial charge in [-0.05, 0) is 19.1 Å². The first-order chi connectivity index (χ1) is 16.0. The van der Waals surface area contributed by atoms with Crippen molar-refractivity contribution in [3.8, 4) is 11.6 Å². The minimum atomic E-state index is -0.496. The molecule has 11 heteroatoms. The molecule has 0 aliphatic carbocycles. The van der Waals surface area contributed by atoms with Crippen LogP contribution < -0.4 is 4.90 Å². The maximum absolute atomic E-state index is 13.1. The molecule has 1 aromatic carbocycles. The van der Waals surface area contributed by atoms with Gasteiger partial charge in [-0.25, -0.2) is 23.7 Å². The number of fused-ring (bicyclic) bond motifs is 1. The van der Waals surface area contributed by atoms with Crippen molar-refractivity contribution in [1.29, 1.82) is 0 Å². The Bertz CT molecular complexity index is 1310. The highest BCUT2D eigenvalue weighted by Gasteiger charge is 2.40. The smallest absolute Gasteiger partial charge is 0.250 e. The Morgan fingerprint density at radius 2 is 1.76 bits per heavy atom. The van der Waals surface area contributed by atoms with Crippen molar-refractivity contribution in [2.24, 2.45) is 0 Å². The maximum Gasteiger partial charge on any atom is 0.250 e. The quantitative estimate of drug-likeness (QED) is 0.455. The number of aromatic nitrogens is 6. The predicted octanol–water partition coefficient (Wildman–Crippen LogP) is 2.70. The van der Waals surface area contributed by atoms with E-state index in [2.05, 4.69) is 43.0 Å². The van der Waals surface area contributed by atoms with E-state index in [1.165, 1.54) is 4.68 Å². The molecule has 0 unspecified atom stereocenters. The Balaban J connectivity index is 1.29. The number of hydrogen-bond acceptors (Lipinski definition) is 7. The van der Waals surface area contributed by atoms with Crippen molar-refractivity contribution in [3.05, 3.63) is 54.0 Å². The normalized spacial score (nSPS) is 18.6. The molecule has 0 radical (unpaired) electrons. The Kier molecular flexibility index (Phi) is 4.82. The van der Waals surface area contributed by atoms with E-state index in [4.69, 9.17) is 16.3 Å². The van der Waals surface area contributed by atoms with Crippen molar-refractivity contribution in [3.63, 3.8) is 0 Å². The molecule has 0 N–H and O–H groups in total. The zero-order valence-corrected chi connectivity index (χ0v) is 18.8. The van der Waals surface area contributed by atoms with Crippen LogP contribution in [-0.2, 0) is 4.74 Å². The van der Waals surface area contributed by atoms with Crippen LogP contribution in [0.1, 0.15) is 6.92 Å². The molecule has 0 spiro atoms.